The van der Waals surface area contributed by atoms with Crippen molar-refractivity contribution < 1.29 is 4.79 Å². The lowest BCUT2D eigenvalue weighted by Crippen LogP contribution is -2.39. The number of hydrogen-bond donors (Lipinski definition) is 1. The van der Waals surface area contributed by atoms with Gasteiger partial charge in [0.1, 0.15) is 0 Å². The van der Waals surface area contributed by atoms with Crippen molar-refractivity contribution in [1.29, 1.82) is 0 Å². The average molecular weight is 430 g/mol. The third kappa shape index (κ3) is 4.15. The number of benzene rings is 2. The van der Waals surface area contributed by atoms with Crippen LogP contribution in [0.4, 0.5) is 11.4 Å². The molecule has 0 bridgehead atoms. The molecule has 3 aromatic rings. The van der Waals surface area contributed by atoms with Crippen molar-refractivity contribution >= 4 is 17.3 Å². The molecule has 0 aliphatic carbocycles. The lowest BCUT2D eigenvalue weighted by Gasteiger charge is -2.28. The van der Waals surface area contributed by atoms with Gasteiger partial charge in [0.2, 0.25) is 0 Å². The Morgan fingerprint density at radius 2 is 1.88 bits per heavy atom. The van der Waals surface area contributed by atoms with Crippen LogP contribution in [-0.4, -0.2) is 52.3 Å². The third-order valence-electron chi connectivity index (χ3n) is 6.96. The minimum Gasteiger partial charge on any atom is -0.370 e. The van der Waals surface area contributed by atoms with Gasteiger partial charge in [-0.3, -0.25) is 9.69 Å². The van der Waals surface area contributed by atoms with Crippen molar-refractivity contribution in [2.24, 2.45) is 0 Å². The first kappa shape index (κ1) is 20.8. The van der Waals surface area contributed by atoms with Gasteiger partial charge in [-0.2, -0.15) is 5.10 Å². The maximum absolute atomic E-state index is 12.8. The molecular formula is C26H31N5O. The molecule has 2 atom stereocenters. The van der Waals surface area contributed by atoms with Crippen LogP contribution >= 0.6 is 0 Å². The van der Waals surface area contributed by atoms with Crippen LogP contribution in [0.25, 0.3) is 5.69 Å². The van der Waals surface area contributed by atoms with Crippen LogP contribution in [0.5, 0.6) is 0 Å². The van der Waals surface area contributed by atoms with Crippen molar-refractivity contribution in [1.82, 2.24) is 14.7 Å². The van der Waals surface area contributed by atoms with E-state index in [1.807, 2.05) is 42.6 Å². The number of carbonyl (C=O) groups is 1. The predicted octanol–water partition coefficient (Wildman–Crippen LogP) is 4.50. The highest BCUT2D eigenvalue weighted by atomic mass is 16.1. The van der Waals surface area contributed by atoms with Crippen LogP contribution in [0.1, 0.15) is 42.1 Å². The fraction of sp³-hybridized carbons (Fsp3) is 0.385. The van der Waals surface area contributed by atoms with Gasteiger partial charge in [-0.1, -0.05) is 0 Å². The number of rotatable bonds is 5. The summed E-state index contributed by atoms with van der Waals surface area (Å²) in [5.74, 6) is -0.0999. The van der Waals surface area contributed by atoms with Crippen LogP contribution < -0.4 is 10.2 Å². The van der Waals surface area contributed by atoms with Crippen molar-refractivity contribution in [3.63, 3.8) is 0 Å². The Morgan fingerprint density at radius 1 is 1.06 bits per heavy atom. The van der Waals surface area contributed by atoms with E-state index in [2.05, 4.69) is 46.2 Å². The molecule has 0 saturated carbocycles. The molecule has 2 unspecified atom stereocenters. The zero-order chi connectivity index (χ0) is 22.1. The number of nitrogens with one attached hydrogen (secondary N) is 1. The molecule has 32 heavy (non-hydrogen) atoms. The molecule has 1 aromatic heterocycles. The van der Waals surface area contributed by atoms with E-state index in [1.54, 1.807) is 10.9 Å². The second-order valence-electron chi connectivity index (χ2n) is 9.07. The van der Waals surface area contributed by atoms with Gasteiger partial charge in [-0.25, -0.2) is 4.68 Å². The van der Waals surface area contributed by atoms with Gasteiger partial charge in [0, 0.05) is 54.5 Å². The maximum atomic E-state index is 12.8. The molecule has 1 amide bonds. The highest BCUT2D eigenvalue weighted by molar-refractivity contribution is 6.04. The number of likely N-dealkylation sites (tertiary alicyclic amines) is 1. The summed E-state index contributed by atoms with van der Waals surface area (Å²) in [4.78, 5) is 18.0. The summed E-state index contributed by atoms with van der Waals surface area (Å²) >= 11 is 0. The fourth-order valence-corrected chi connectivity index (χ4v) is 5.11. The van der Waals surface area contributed by atoms with Gasteiger partial charge in [0.15, 0.2) is 0 Å². The number of nitrogens with zero attached hydrogens (tertiary/aromatic N) is 4. The Balaban J connectivity index is 1.23. The number of anilines is 2. The quantitative estimate of drug-likeness (QED) is 0.649. The Labute approximate surface area is 189 Å². The van der Waals surface area contributed by atoms with E-state index in [-0.39, 0.29) is 5.91 Å². The zero-order valence-electron chi connectivity index (χ0n) is 18.9. The highest BCUT2D eigenvalue weighted by Crippen LogP contribution is 2.30. The topological polar surface area (TPSA) is 53.4 Å². The molecule has 2 fully saturated rings. The van der Waals surface area contributed by atoms with E-state index < -0.39 is 0 Å². The normalized spacial score (nSPS) is 21.2. The standard InChI is InChI=1S/C26H31N5O/c1-19-17-23(29-16-12-24(18-29)30-14-3-5-20(30)2)10-11-25(19)28-26(32)21-6-8-22(9-7-21)31-15-4-13-27-31/h4,6-11,13,15,17,20,24H,3,5,12,14,16,18H2,1-2H3,(H,28,32). The molecule has 5 rings (SSSR count). The number of carbonyl (C=O) groups excluding carboxylic acids is 1. The van der Waals surface area contributed by atoms with Crippen LogP contribution in [0, 0.1) is 6.92 Å². The van der Waals surface area contributed by atoms with E-state index in [4.69, 9.17) is 0 Å². The first-order valence-electron chi connectivity index (χ1n) is 11.6. The largest absolute Gasteiger partial charge is 0.370 e. The van der Waals surface area contributed by atoms with Gasteiger partial charge < -0.3 is 10.2 Å². The Morgan fingerprint density at radius 3 is 2.56 bits per heavy atom. The van der Waals surface area contributed by atoms with Crippen LogP contribution in [-0.2, 0) is 0 Å². The van der Waals surface area contributed by atoms with Gasteiger partial charge >= 0.3 is 0 Å². The second kappa shape index (κ2) is 8.79. The van der Waals surface area contributed by atoms with Gasteiger partial charge in [-0.15, -0.1) is 0 Å². The highest BCUT2D eigenvalue weighted by Gasteiger charge is 2.33. The van der Waals surface area contributed by atoms with Gasteiger partial charge in [0.05, 0.1) is 5.69 Å². The SMILES string of the molecule is Cc1cc(N2CCC(N3CCCC3C)C2)ccc1NC(=O)c1ccc(-n2cccn2)cc1. The van der Waals surface area contributed by atoms with Crippen LogP contribution in [0.15, 0.2) is 60.9 Å². The zero-order valence-corrected chi connectivity index (χ0v) is 18.9. The summed E-state index contributed by atoms with van der Waals surface area (Å²) in [5, 5.41) is 7.29. The second-order valence-corrected chi connectivity index (χ2v) is 9.07. The summed E-state index contributed by atoms with van der Waals surface area (Å²) in [6.07, 6.45) is 7.51. The summed E-state index contributed by atoms with van der Waals surface area (Å²) in [5.41, 5.74) is 4.75. The van der Waals surface area contributed by atoms with Crippen molar-refractivity contribution in [3.8, 4) is 5.69 Å². The maximum Gasteiger partial charge on any atom is 0.255 e. The smallest absolute Gasteiger partial charge is 0.255 e. The van der Waals surface area contributed by atoms with E-state index in [9.17, 15) is 4.79 Å². The Kier molecular flexibility index (Phi) is 5.70. The molecule has 0 radical (unpaired) electrons. The van der Waals surface area contributed by atoms with Crippen molar-refractivity contribution in [2.45, 2.75) is 45.2 Å². The average Bonchev–Trinajstić information content (AvgIpc) is 3.57. The van der Waals surface area contributed by atoms with Gasteiger partial charge in [-0.05, 0) is 93.7 Å². The van der Waals surface area contributed by atoms with Crippen LogP contribution in [0.2, 0.25) is 0 Å². The number of aromatic nitrogens is 2. The van der Waals surface area contributed by atoms with E-state index in [0.717, 1.165) is 30.0 Å². The molecule has 2 aliphatic heterocycles. The minimum absolute atomic E-state index is 0.0999. The number of amides is 1. The monoisotopic (exact) mass is 429 g/mol. The van der Waals surface area contributed by atoms with E-state index in [1.165, 1.54) is 31.5 Å². The number of hydrogen-bond acceptors (Lipinski definition) is 4. The molecule has 2 aromatic carbocycles. The lowest BCUT2D eigenvalue weighted by atomic mass is 10.1. The summed E-state index contributed by atoms with van der Waals surface area (Å²) in [6.45, 7) is 7.87. The molecule has 166 valence electrons. The van der Waals surface area contributed by atoms with Crippen molar-refractivity contribution in [3.05, 3.63) is 72.1 Å². The molecule has 2 saturated heterocycles. The summed E-state index contributed by atoms with van der Waals surface area (Å²) in [7, 11) is 0. The molecule has 2 aliphatic rings. The fourth-order valence-electron chi connectivity index (χ4n) is 5.11. The molecule has 1 N–H and O–H groups in total. The number of aryl methyl sites for hydroxylation is 1. The molecule has 3 heterocycles. The molecule has 0 spiro atoms. The van der Waals surface area contributed by atoms with Crippen LogP contribution in [0.3, 0.4) is 0 Å². The first-order chi connectivity index (χ1) is 15.6. The third-order valence-corrected chi connectivity index (χ3v) is 6.96. The van der Waals surface area contributed by atoms with Gasteiger partial charge in [0.25, 0.3) is 5.91 Å². The Hall–Kier alpha value is -3.12. The predicted molar refractivity (Wildman–Crippen MR) is 129 cm³/mol. The summed E-state index contributed by atoms with van der Waals surface area (Å²) in [6, 6.07) is 17.1. The molecule has 6 nitrogen and oxygen atoms in total. The van der Waals surface area contributed by atoms with E-state index in [0.29, 0.717) is 17.6 Å². The van der Waals surface area contributed by atoms with Crippen molar-refractivity contribution in [2.75, 3.05) is 29.9 Å². The summed E-state index contributed by atoms with van der Waals surface area (Å²) < 4.78 is 1.78. The Bertz CT molecular complexity index is 1080. The van der Waals surface area contributed by atoms with E-state index >= 15 is 0 Å². The first-order valence-corrected chi connectivity index (χ1v) is 11.6. The molecule has 6 heteroatoms. The lowest BCUT2D eigenvalue weighted by molar-refractivity contribution is 0.102. The minimum atomic E-state index is -0.0999. The molecular weight excluding hydrogens is 398 g/mol.